The minimum atomic E-state index is -0.697. The van der Waals surface area contributed by atoms with Crippen molar-refractivity contribution in [3.63, 3.8) is 0 Å². The van der Waals surface area contributed by atoms with Gasteiger partial charge in [0.25, 0.3) is 5.91 Å². The monoisotopic (exact) mass is 476 g/mol. The number of thiazole rings is 1. The predicted octanol–water partition coefficient (Wildman–Crippen LogP) is 5.58. The lowest BCUT2D eigenvalue weighted by Crippen LogP contribution is -2.29. The number of anilines is 1. The average molecular weight is 477 g/mol. The number of hydrogen-bond acceptors (Lipinski definition) is 7. The molecule has 0 unspecified atom stereocenters. The molecule has 34 heavy (non-hydrogen) atoms. The molecule has 0 bridgehead atoms. The molecule has 1 aliphatic rings. The Labute approximate surface area is 200 Å². The van der Waals surface area contributed by atoms with Crippen molar-refractivity contribution in [2.45, 2.75) is 32.2 Å². The Balaban J connectivity index is 1.64. The summed E-state index contributed by atoms with van der Waals surface area (Å²) in [6.07, 6.45) is 4.79. The Hall–Kier alpha value is -3.65. The highest BCUT2D eigenvalue weighted by Gasteiger charge is 2.45. The number of hydrogen-bond donors (Lipinski definition) is 0. The summed E-state index contributed by atoms with van der Waals surface area (Å²) in [6.45, 7) is 2.74. The van der Waals surface area contributed by atoms with Gasteiger partial charge >= 0.3 is 0 Å². The summed E-state index contributed by atoms with van der Waals surface area (Å²) in [7, 11) is 1.58. The Morgan fingerprint density at radius 3 is 2.74 bits per heavy atom. The van der Waals surface area contributed by atoms with Gasteiger partial charge in [-0.25, -0.2) is 4.98 Å². The third kappa shape index (κ3) is 3.74. The molecule has 5 rings (SSSR count). The summed E-state index contributed by atoms with van der Waals surface area (Å²) in [4.78, 5) is 33.0. The first-order chi connectivity index (χ1) is 16.6. The molecule has 0 radical (unpaired) electrons. The van der Waals surface area contributed by atoms with Gasteiger partial charge in [0, 0.05) is 11.6 Å². The Morgan fingerprint density at radius 1 is 1.12 bits per heavy atom. The quantitative estimate of drug-likeness (QED) is 0.309. The molecule has 3 heterocycles. The van der Waals surface area contributed by atoms with Crippen LogP contribution in [0.15, 0.2) is 63.3 Å². The summed E-state index contributed by atoms with van der Waals surface area (Å²) in [5.74, 6) is 0.817. The van der Waals surface area contributed by atoms with Gasteiger partial charge in [0.1, 0.15) is 5.58 Å². The number of nitrogens with zero attached hydrogens (tertiary/aromatic N) is 2. The minimum absolute atomic E-state index is 0.0442. The molecule has 0 N–H and O–H groups in total. The fraction of sp³-hybridized carbons (Fsp3) is 0.269. The van der Waals surface area contributed by atoms with Crippen LogP contribution in [0.2, 0.25) is 0 Å². The number of benzene rings is 2. The molecule has 1 amide bonds. The lowest BCUT2D eigenvalue weighted by atomic mass is 9.98. The van der Waals surface area contributed by atoms with Gasteiger partial charge in [-0.15, -0.1) is 11.3 Å². The zero-order chi connectivity index (χ0) is 23.7. The van der Waals surface area contributed by atoms with Gasteiger partial charge in [0.15, 0.2) is 22.1 Å². The summed E-state index contributed by atoms with van der Waals surface area (Å²) in [6, 6.07) is 11.8. The maximum absolute atomic E-state index is 13.6. The normalized spacial score (nSPS) is 15.1. The zero-order valence-corrected chi connectivity index (χ0v) is 19.8. The molecular weight excluding hydrogens is 452 g/mol. The van der Waals surface area contributed by atoms with Crippen molar-refractivity contribution in [2.75, 3.05) is 18.6 Å². The van der Waals surface area contributed by atoms with Crippen molar-refractivity contribution in [1.82, 2.24) is 4.98 Å². The van der Waals surface area contributed by atoms with Crippen LogP contribution in [0.5, 0.6) is 11.5 Å². The van der Waals surface area contributed by atoms with Crippen LogP contribution < -0.4 is 19.8 Å². The van der Waals surface area contributed by atoms with E-state index in [4.69, 9.17) is 13.9 Å². The van der Waals surface area contributed by atoms with E-state index in [1.165, 1.54) is 16.2 Å². The van der Waals surface area contributed by atoms with Crippen LogP contribution in [-0.2, 0) is 0 Å². The fourth-order valence-corrected chi connectivity index (χ4v) is 4.94. The number of methoxy groups -OCH3 is 1. The highest BCUT2D eigenvalue weighted by Crippen LogP contribution is 2.43. The van der Waals surface area contributed by atoms with Gasteiger partial charge < -0.3 is 13.9 Å². The standard InChI is InChI=1S/C26H24N2O5S/c1-3-4-7-13-32-19-11-10-16(15-20(19)31-2)22-21-23(29)17-8-5-6-9-18(17)33-24(21)25(30)28(22)26-27-12-14-34-26/h5-6,8-12,14-15,22H,3-4,7,13H2,1-2H3/t22-/m0/s1. The zero-order valence-electron chi connectivity index (χ0n) is 18.9. The molecule has 0 fully saturated rings. The molecule has 7 nitrogen and oxygen atoms in total. The molecular formula is C26H24N2O5S. The molecule has 1 atom stereocenters. The van der Waals surface area contributed by atoms with E-state index in [9.17, 15) is 9.59 Å². The van der Waals surface area contributed by atoms with E-state index in [2.05, 4.69) is 11.9 Å². The smallest absolute Gasteiger partial charge is 0.297 e. The highest BCUT2D eigenvalue weighted by molar-refractivity contribution is 7.13. The number of ether oxygens (including phenoxy) is 2. The molecule has 1 aliphatic heterocycles. The number of rotatable bonds is 8. The summed E-state index contributed by atoms with van der Waals surface area (Å²) >= 11 is 1.33. The number of fused-ring (bicyclic) bond motifs is 2. The van der Waals surface area contributed by atoms with E-state index in [0.29, 0.717) is 45.3 Å². The Bertz CT molecular complexity index is 1400. The first-order valence-corrected chi connectivity index (χ1v) is 12.1. The Kier molecular flexibility index (Phi) is 6.06. The van der Waals surface area contributed by atoms with Crippen LogP contribution >= 0.6 is 11.3 Å². The highest BCUT2D eigenvalue weighted by atomic mass is 32.1. The molecule has 0 aliphatic carbocycles. The second-order valence-corrected chi connectivity index (χ2v) is 8.90. The molecule has 2 aromatic carbocycles. The van der Waals surface area contributed by atoms with Gasteiger partial charge in [-0.2, -0.15) is 0 Å². The fourth-order valence-electron chi connectivity index (χ4n) is 4.27. The van der Waals surface area contributed by atoms with Crippen molar-refractivity contribution in [3.05, 3.63) is 81.2 Å². The van der Waals surface area contributed by atoms with E-state index < -0.39 is 11.9 Å². The van der Waals surface area contributed by atoms with Crippen molar-refractivity contribution in [1.29, 1.82) is 0 Å². The molecule has 0 saturated carbocycles. The van der Waals surface area contributed by atoms with Gasteiger partial charge in [-0.05, 0) is 36.2 Å². The molecule has 4 aromatic rings. The summed E-state index contributed by atoms with van der Waals surface area (Å²) in [5.41, 5.74) is 1.17. The van der Waals surface area contributed by atoms with Crippen LogP contribution in [0.3, 0.4) is 0 Å². The van der Waals surface area contributed by atoms with E-state index >= 15 is 0 Å². The molecule has 2 aromatic heterocycles. The molecule has 8 heteroatoms. The number of para-hydroxylation sites is 1. The molecule has 0 spiro atoms. The van der Waals surface area contributed by atoms with Crippen molar-refractivity contribution in [3.8, 4) is 11.5 Å². The SMILES string of the molecule is CCCCCOc1ccc([C@H]2c3c(oc4ccccc4c3=O)C(=O)N2c2nccs2)cc1OC. The second kappa shape index (κ2) is 9.30. The van der Waals surface area contributed by atoms with Crippen LogP contribution in [0.25, 0.3) is 11.0 Å². The van der Waals surface area contributed by atoms with E-state index in [1.807, 2.05) is 18.2 Å². The lowest BCUT2D eigenvalue weighted by Gasteiger charge is -2.23. The van der Waals surface area contributed by atoms with Crippen molar-refractivity contribution >= 4 is 33.3 Å². The van der Waals surface area contributed by atoms with E-state index in [1.54, 1.807) is 43.0 Å². The van der Waals surface area contributed by atoms with Crippen LogP contribution in [0.4, 0.5) is 5.13 Å². The van der Waals surface area contributed by atoms with Crippen LogP contribution in [-0.4, -0.2) is 24.6 Å². The molecule has 0 saturated heterocycles. The minimum Gasteiger partial charge on any atom is -0.493 e. The van der Waals surface area contributed by atoms with Gasteiger partial charge in [0.05, 0.1) is 30.7 Å². The van der Waals surface area contributed by atoms with Gasteiger partial charge in [0.2, 0.25) is 5.76 Å². The van der Waals surface area contributed by atoms with E-state index in [-0.39, 0.29) is 11.2 Å². The van der Waals surface area contributed by atoms with Gasteiger partial charge in [-0.1, -0.05) is 38.0 Å². The third-order valence-electron chi connectivity index (χ3n) is 5.91. The molecule has 174 valence electrons. The lowest BCUT2D eigenvalue weighted by molar-refractivity contribution is 0.0971. The number of carbonyl (C=O) groups excluding carboxylic acids is 1. The van der Waals surface area contributed by atoms with Crippen molar-refractivity contribution < 1.29 is 18.7 Å². The average Bonchev–Trinajstić information content (AvgIpc) is 3.49. The van der Waals surface area contributed by atoms with Crippen LogP contribution in [0.1, 0.15) is 53.9 Å². The number of aromatic nitrogens is 1. The van der Waals surface area contributed by atoms with Crippen molar-refractivity contribution in [2.24, 2.45) is 0 Å². The summed E-state index contributed by atoms with van der Waals surface area (Å²) in [5, 5.41) is 2.72. The summed E-state index contributed by atoms with van der Waals surface area (Å²) < 4.78 is 17.5. The van der Waals surface area contributed by atoms with E-state index in [0.717, 1.165) is 19.3 Å². The largest absolute Gasteiger partial charge is 0.493 e. The number of amides is 1. The number of unbranched alkanes of at least 4 members (excludes halogenated alkanes) is 2. The van der Waals surface area contributed by atoms with Gasteiger partial charge in [-0.3, -0.25) is 14.5 Å². The predicted molar refractivity (Wildman–Crippen MR) is 131 cm³/mol. The van der Waals surface area contributed by atoms with Crippen LogP contribution in [0, 0.1) is 0 Å². The first kappa shape index (κ1) is 22.2. The second-order valence-electron chi connectivity index (χ2n) is 8.03. The maximum Gasteiger partial charge on any atom is 0.297 e. The maximum atomic E-state index is 13.6. The topological polar surface area (TPSA) is 81.9 Å². The number of carbonyl (C=O) groups is 1. The first-order valence-electron chi connectivity index (χ1n) is 11.2. The third-order valence-corrected chi connectivity index (χ3v) is 6.68. The Morgan fingerprint density at radius 2 is 1.97 bits per heavy atom.